The lowest BCUT2D eigenvalue weighted by atomic mass is 10.0. The van der Waals surface area contributed by atoms with Crippen LogP contribution in [0.2, 0.25) is 5.02 Å². The van der Waals surface area contributed by atoms with Gasteiger partial charge in [0.2, 0.25) is 0 Å². The highest BCUT2D eigenvalue weighted by molar-refractivity contribution is 6.32. The second-order valence-corrected chi connectivity index (χ2v) is 6.85. The number of benzene rings is 2. The Hall–Kier alpha value is -2.30. The third kappa shape index (κ3) is 3.03. The summed E-state index contributed by atoms with van der Waals surface area (Å²) in [7, 11) is 2.09. The van der Waals surface area contributed by atoms with E-state index < -0.39 is 0 Å². The van der Waals surface area contributed by atoms with Gasteiger partial charge in [0.05, 0.1) is 6.54 Å². The molecule has 1 amide bonds. The maximum absolute atomic E-state index is 12.3. The third-order valence-electron chi connectivity index (χ3n) is 4.71. The molecule has 128 valence electrons. The van der Waals surface area contributed by atoms with Gasteiger partial charge in [0.15, 0.2) is 0 Å². The van der Waals surface area contributed by atoms with Crippen molar-refractivity contribution in [3.8, 4) is 0 Å². The van der Waals surface area contributed by atoms with Gasteiger partial charge in [-0.3, -0.25) is 4.79 Å². The molecule has 0 unspecified atom stereocenters. The molecule has 0 spiro atoms. The Morgan fingerprint density at radius 2 is 2.00 bits per heavy atom. The van der Waals surface area contributed by atoms with E-state index in [0.717, 1.165) is 52.4 Å². The quantitative estimate of drug-likeness (QED) is 0.773. The molecule has 0 atom stereocenters. The number of nitrogens with zero attached hydrogens (tertiary/aromatic N) is 1. The van der Waals surface area contributed by atoms with Crippen molar-refractivity contribution in [2.75, 3.05) is 13.6 Å². The maximum atomic E-state index is 12.3. The van der Waals surface area contributed by atoms with Crippen molar-refractivity contribution in [1.82, 2.24) is 10.2 Å². The number of nitrogens with one attached hydrogen (secondary N) is 1. The topological polar surface area (TPSA) is 45.5 Å². The van der Waals surface area contributed by atoms with Crippen molar-refractivity contribution in [2.24, 2.45) is 0 Å². The monoisotopic (exact) mass is 354 g/mol. The van der Waals surface area contributed by atoms with Crippen LogP contribution in [0.5, 0.6) is 0 Å². The molecule has 0 fully saturated rings. The molecule has 1 aliphatic rings. The van der Waals surface area contributed by atoms with Crippen LogP contribution in [0.3, 0.4) is 0 Å². The largest absolute Gasteiger partial charge is 0.459 e. The second-order valence-electron chi connectivity index (χ2n) is 6.44. The van der Waals surface area contributed by atoms with Crippen LogP contribution in [-0.4, -0.2) is 24.4 Å². The van der Waals surface area contributed by atoms with Gasteiger partial charge in [-0.25, -0.2) is 0 Å². The normalized spacial score (nSPS) is 14.5. The van der Waals surface area contributed by atoms with E-state index in [2.05, 4.69) is 17.3 Å². The molecule has 4 nitrogen and oxygen atoms in total. The minimum atomic E-state index is -0.103. The van der Waals surface area contributed by atoms with Crippen molar-refractivity contribution >= 4 is 28.5 Å². The first-order valence-corrected chi connectivity index (χ1v) is 8.74. The number of halogens is 1. The van der Waals surface area contributed by atoms with E-state index in [0.29, 0.717) is 12.1 Å². The third-order valence-corrected chi connectivity index (χ3v) is 5.06. The summed E-state index contributed by atoms with van der Waals surface area (Å²) in [5.41, 5.74) is 3.75. The SMILES string of the molecule is CN1CCc2c(Cl)ccc3oc(CNC(=O)c4ccccc4)c(c23)C1. The van der Waals surface area contributed by atoms with Gasteiger partial charge in [0, 0.05) is 34.6 Å². The van der Waals surface area contributed by atoms with E-state index >= 15 is 0 Å². The molecule has 0 radical (unpaired) electrons. The number of amides is 1. The molecule has 1 aromatic heterocycles. The summed E-state index contributed by atoms with van der Waals surface area (Å²) in [6.45, 7) is 2.10. The van der Waals surface area contributed by atoms with Gasteiger partial charge in [-0.1, -0.05) is 29.8 Å². The first-order valence-electron chi connectivity index (χ1n) is 8.37. The molecule has 2 heterocycles. The Bertz CT molecular complexity index is 934. The number of likely N-dealkylation sites (N-methyl/N-ethyl adjacent to an activating group) is 1. The highest BCUT2D eigenvalue weighted by atomic mass is 35.5. The van der Waals surface area contributed by atoms with Crippen LogP contribution < -0.4 is 5.32 Å². The lowest BCUT2D eigenvalue weighted by Crippen LogP contribution is -2.24. The zero-order valence-electron chi connectivity index (χ0n) is 14.0. The van der Waals surface area contributed by atoms with Crippen LogP contribution in [0.4, 0.5) is 0 Å². The van der Waals surface area contributed by atoms with Crippen molar-refractivity contribution < 1.29 is 9.21 Å². The Kier molecular flexibility index (Phi) is 4.24. The molecular weight excluding hydrogens is 336 g/mol. The minimum Gasteiger partial charge on any atom is -0.459 e. The Labute approximate surface area is 151 Å². The Morgan fingerprint density at radius 3 is 2.80 bits per heavy atom. The summed E-state index contributed by atoms with van der Waals surface area (Å²) in [5, 5.41) is 4.85. The number of hydrogen-bond donors (Lipinski definition) is 1. The smallest absolute Gasteiger partial charge is 0.251 e. The van der Waals surface area contributed by atoms with E-state index in [4.69, 9.17) is 16.0 Å². The number of rotatable bonds is 3. The van der Waals surface area contributed by atoms with Gasteiger partial charge >= 0.3 is 0 Å². The van der Waals surface area contributed by atoms with Crippen LogP contribution >= 0.6 is 11.6 Å². The number of hydrogen-bond acceptors (Lipinski definition) is 3. The fourth-order valence-electron chi connectivity index (χ4n) is 3.41. The summed E-state index contributed by atoms with van der Waals surface area (Å²) in [6, 6.07) is 13.0. The first kappa shape index (κ1) is 16.2. The summed E-state index contributed by atoms with van der Waals surface area (Å²) in [5.74, 6) is 0.699. The van der Waals surface area contributed by atoms with Gasteiger partial charge in [-0.2, -0.15) is 0 Å². The molecule has 4 rings (SSSR count). The van der Waals surface area contributed by atoms with Crippen molar-refractivity contribution in [3.63, 3.8) is 0 Å². The number of furan rings is 1. The van der Waals surface area contributed by atoms with Gasteiger partial charge in [0.25, 0.3) is 5.91 Å². The highest BCUT2D eigenvalue weighted by Crippen LogP contribution is 2.36. The first-order chi connectivity index (χ1) is 12.1. The van der Waals surface area contributed by atoms with Gasteiger partial charge < -0.3 is 14.6 Å². The lowest BCUT2D eigenvalue weighted by molar-refractivity contribution is 0.0948. The van der Waals surface area contributed by atoms with Crippen molar-refractivity contribution in [2.45, 2.75) is 19.5 Å². The molecule has 1 aliphatic heterocycles. The molecule has 0 saturated heterocycles. The molecule has 3 aromatic rings. The fourth-order valence-corrected chi connectivity index (χ4v) is 3.66. The van der Waals surface area contributed by atoms with Crippen LogP contribution in [0.15, 0.2) is 46.9 Å². The van der Waals surface area contributed by atoms with Gasteiger partial charge in [0.1, 0.15) is 11.3 Å². The second kappa shape index (κ2) is 6.54. The van der Waals surface area contributed by atoms with Gasteiger partial charge in [-0.05, 0) is 43.3 Å². The van der Waals surface area contributed by atoms with E-state index in [9.17, 15) is 4.79 Å². The highest BCUT2D eigenvalue weighted by Gasteiger charge is 2.23. The fraction of sp³-hybridized carbons (Fsp3) is 0.250. The average Bonchev–Trinajstić information content (AvgIpc) is 2.86. The van der Waals surface area contributed by atoms with Crippen molar-refractivity contribution in [1.29, 1.82) is 0 Å². The number of carbonyl (C=O) groups is 1. The zero-order valence-corrected chi connectivity index (χ0v) is 14.8. The predicted octanol–water partition coefficient (Wildman–Crippen LogP) is 4.00. The van der Waals surface area contributed by atoms with Crippen molar-refractivity contribution in [3.05, 3.63) is 69.9 Å². The molecule has 0 bridgehead atoms. The Morgan fingerprint density at radius 1 is 1.20 bits per heavy atom. The molecule has 5 heteroatoms. The van der Waals surface area contributed by atoms with E-state index in [-0.39, 0.29) is 5.91 Å². The van der Waals surface area contributed by atoms with Crippen LogP contribution in [0, 0.1) is 0 Å². The standard InChI is InChI=1S/C20H19ClN2O2/c1-23-10-9-14-16(21)7-8-17-19(14)15(12-23)18(25-17)11-22-20(24)13-5-3-2-4-6-13/h2-8H,9-12H2,1H3,(H,22,24). The predicted molar refractivity (Wildman–Crippen MR) is 98.9 cm³/mol. The lowest BCUT2D eigenvalue weighted by Gasteiger charge is -2.13. The number of carbonyl (C=O) groups excluding carboxylic acids is 1. The van der Waals surface area contributed by atoms with Crippen LogP contribution in [0.1, 0.15) is 27.2 Å². The van der Waals surface area contributed by atoms with E-state index in [1.165, 1.54) is 0 Å². The average molecular weight is 355 g/mol. The van der Waals surface area contributed by atoms with E-state index in [1.807, 2.05) is 30.3 Å². The maximum Gasteiger partial charge on any atom is 0.251 e. The molecule has 0 aliphatic carbocycles. The van der Waals surface area contributed by atoms with Crippen LogP contribution in [0.25, 0.3) is 11.0 Å². The minimum absolute atomic E-state index is 0.103. The van der Waals surface area contributed by atoms with Gasteiger partial charge in [-0.15, -0.1) is 0 Å². The molecule has 25 heavy (non-hydrogen) atoms. The Balaban J connectivity index is 1.67. The molecule has 2 aromatic carbocycles. The molecule has 0 saturated carbocycles. The van der Waals surface area contributed by atoms with Crippen LogP contribution in [-0.2, 0) is 19.5 Å². The molecular formula is C20H19ClN2O2. The molecule has 1 N–H and O–H groups in total. The van der Waals surface area contributed by atoms with E-state index in [1.54, 1.807) is 12.1 Å². The summed E-state index contributed by atoms with van der Waals surface area (Å²) in [4.78, 5) is 14.6. The zero-order chi connectivity index (χ0) is 17.4. The summed E-state index contributed by atoms with van der Waals surface area (Å²) < 4.78 is 6.06. The summed E-state index contributed by atoms with van der Waals surface area (Å²) >= 11 is 6.42. The summed E-state index contributed by atoms with van der Waals surface area (Å²) in [6.07, 6.45) is 0.898.